The molecule has 0 unspecified atom stereocenters. The van der Waals surface area contributed by atoms with Gasteiger partial charge in [-0.1, -0.05) is 37.3 Å². The summed E-state index contributed by atoms with van der Waals surface area (Å²) in [5.74, 6) is 0.299. The van der Waals surface area contributed by atoms with Crippen molar-refractivity contribution in [1.29, 1.82) is 0 Å². The second-order valence-corrected chi connectivity index (χ2v) is 11.3. The van der Waals surface area contributed by atoms with E-state index in [2.05, 4.69) is 0 Å². The van der Waals surface area contributed by atoms with Crippen LogP contribution >= 0.6 is 0 Å². The van der Waals surface area contributed by atoms with Crippen molar-refractivity contribution in [2.75, 3.05) is 52.3 Å². The maximum absolute atomic E-state index is 14.1. The summed E-state index contributed by atoms with van der Waals surface area (Å²) in [5.41, 5.74) is 2.35. The molecular formula is C32H47N3O5. The average Bonchev–Trinajstić information content (AvgIpc) is 2.94. The van der Waals surface area contributed by atoms with E-state index in [1.165, 1.54) is 0 Å². The molecule has 1 aliphatic rings. The number of amides is 2. The highest BCUT2D eigenvalue weighted by Crippen LogP contribution is 2.29. The Morgan fingerprint density at radius 1 is 1.10 bits per heavy atom. The molecule has 220 valence electrons. The van der Waals surface area contributed by atoms with Gasteiger partial charge in [-0.3, -0.25) is 9.59 Å². The number of nitrogens with zero attached hydrogens (tertiary/aromatic N) is 3. The minimum atomic E-state index is -0.408. The number of aliphatic hydroxyl groups excluding tert-OH is 1. The van der Waals surface area contributed by atoms with Crippen LogP contribution in [0.25, 0.3) is 0 Å². The lowest BCUT2D eigenvalue weighted by molar-refractivity contribution is -0.131. The third-order valence-corrected chi connectivity index (χ3v) is 7.63. The summed E-state index contributed by atoms with van der Waals surface area (Å²) in [4.78, 5) is 32.5. The molecule has 0 saturated carbocycles. The predicted molar refractivity (Wildman–Crippen MR) is 159 cm³/mol. The van der Waals surface area contributed by atoms with Gasteiger partial charge < -0.3 is 29.3 Å². The number of carbonyl (C=O) groups is 2. The Balaban J connectivity index is 1.88. The summed E-state index contributed by atoms with van der Waals surface area (Å²) < 4.78 is 12.7. The second kappa shape index (κ2) is 15.1. The van der Waals surface area contributed by atoms with Crippen molar-refractivity contribution in [1.82, 2.24) is 9.80 Å². The number of aliphatic hydroxyl groups is 1. The van der Waals surface area contributed by atoms with Crippen LogP contribution in [0.15, 0.2) is 48.5 Å². The molecule has 0 fully saturated rings. The Kier molecular flexibility index (Phi) is 11.8. The van der Waals surface area contributed by atoms with Gasteiger partial charge in [0.2, 0.25) is 5.91 Å². The third-order valence-electron chi connectivity index (χ3n) is 7.63. The maximum atomic E-state index is 14.1. The summed E-state index contributed by atoms with van der Waals surface area (Å²) >= 11 is 0. The van der Waals surface area contributed by atoms with Crippen LogP contribution in [-0.2, 0) is 16.0 Å². The van der Waals surface area contributed by atoms with Crippen molar-refractivity contribution < 1.29 is 24.2 Å². The summed E-state index contributed by atoms with van der Waals surface area (Å²) in [6.07, 6.45) is 2.63. The smallest absolute Gasteiger partial charge is 0.258 e. The molecule has 40 heavy (non-hydrogen) atoms. The van der Waals surface area contributed by atoms with Crippen molar-refractivity contribution in [2.45, 2.75) is 64.7 Å². The first-order chi connectivity index (χ1) is 19.1. The normalized spacial score (nSPS) is 21.5. The minimum Gasteiger partial charge on any atom is -0.490 e. The minimum absolute atomic E-state index is 0.0224. The lowest BCUT2D eigenvalue weighted by atomic mass is 10.0. The number of hydrogen-bond donors (Lipinski definition) is 1. The maximum Gasteiger partial charge on any atom is 0.258 e. The molecule has 0 aromatic heterocycles. The van der Waals surface area contributed by atoms with Gasteiger partial charge in [-0.05, 0) is 56.9 Å². The second-order valence-electron chi connectivity index (χ2n) is 11.3. The Morgan fingerprint density at radius 3 is 2.50 bits per heavy atom. The van der Waals surface area contributed by atoms with E-state index >= 15 is 0 Å². The monoisotopic (exact) mass is 553 g/mol. The standard InChI is InChI=1S/C32H47N3O5/c1-23-20-35(24(2)22-36)32(38)28-19-27(33(4)5)15-16-29(28)40-25(3)12-10-11-17-39-30(23)21-34(6)31(37)18-26-13-8-7-9-14-26/h7-9,13-16,19,23-25,30,36H,10-12,17-18,20-22H2,1-6H3/t23-,24-,25+,30+/m0/s1. The fraction of sp³-hybridized carbons (Fsp3) is 0.562. The molecule has 1 aliphatic heterocycles. The fourth-order valence-electron chi connectivity index (χ4n) is 4.93. The predicted octanol–water partition coefficient (Wildman–Crippen LogP) is 4.25. The zero-order valence-electron chi connectivity index (χ0n) is 25.0. The molecule has 0 spiro atoms. The van der Waals surface area contributed by atoms with E-state index in [0.29, 0.717) is 37.4 Å². The molecule has 2 amide bonds. The molecule has 0 radical (unpaired) electrons. The van der Waals surface area contributed by atoms with Crippen molar-refractivity contribution in [3.05, 3.63) is 59.7 Å². The number of fused-ring (bicyclic) bond motifs is 1. The largest absolute Gasteiger partial charge is 0.490 e. The first kappa shape index (κ1) is 31.4. The number of likely N-dealkylation sites (N-methyl/N-ethyl adjacent to an activating group) is 1. The lowest BCUT2D eigenvalue weighted by Crippen LogP contribution is -2.48. The first-order valence-electron chi connectivity index (χ1n) is 14.4. The van der Waals surface area contributed by atoms with E-state index in [4.69, 9.17) is 9.47 Å². The molecule has 1 heterocycles. The molecule has 2 aromatic rings. The number of ether oxygens (including phenoxy) is 2. The molecule has 4 atom stereocenters. The van der Waals surface area contributed by atoms with E-state index in [1.807, 2.05) is 95.3 Å². The van der Waals surface area contributed by atoms with Crippen LogP contribution in [-0.4, -0.2) is 92.4 Å². The van der Waals surface area contributed by atoms with Crippen LogP contribution in [0.5, 0.6) is 5.75 Å². The zero-order valence-corrected chi connectivity index (χ0v) is 25.0. The highest BCUT2D eigenvalue weighted by Gasteiger charge is 2.31. The van der Waals surface area contributed by atoms with Gasteiger partial charge in [-0.25, -0.2) is 0 Å². The lowest BCUT2D eigenvalue weighted by Gasteiger charge is -2.36. The van der Waals surface area contributed by atoms with Gasteiger partial charge in [0, 0.05) is 52.4 Å². The third kappa shape index (κ3) is 8.70. The van der Waals surface area contributed by atoms with Crippen LogP contribution in [0.1, 0.15) is 56.0 Å². The van der Waals surface area contributed by atoms with Crippen molar-refractivity contribution in [3.63, 3.8) is 0 Å². The molecule has 0 aliphatic carbocycles. The SMILES string of the molecule is C[C@@H]1CCCCO[C@H](CN(C)C(=O)Cc2ccccc2)[C@@H](C)CN([C@@H](C)CO)C(=O)c2cc(N(C)C)ccc2O1. The van der Waals surface area contributed by atoms with E-state index in [-0.39, 0.29) is 36.5 Å². The topological polar surface area (TPSA) is 82.6 Å². The highest BCUT2D eigenvalue weighted by molar-refractivity contribution is 5.98. The van der Waals surface area contributed by atoms with E-state index < -0.39 is 6.04 Å². The summed E-state index contributed by atoms with van der Waals surface area (Å²) in [7, 11) is 5.68. The molecular weight excluding hydrogens is 506 g/mol. The van der Waals surface area contributed by atoms with Gasteiger partial charge in [0.05, 0.1) is 36.8 Å². The van der Waals surface area contributed by atoms with Gasteiger partial charge >= 0.3 is 0 Å². The van der Waals surface area contributed by atoms with Gasteiger partial charge in [0.15, 0.2) is 0 Å². The van der Waals surface area contributed by atoms with Crippen LogP contribution in [0.3, 0.4) is 0 Å². The molecule has 8 nitrogen and oxygen atoms in total. The summed E-state index contributed by atoms with van der Waals surface area (Å²) in [6.45, 7) is 7.10. The molecule has 2 aromatic carbocycles. The first-order valence-corrected chi connectivity index (χ1v) is 14.4. The molecule has 8 heteroatoms. The zero-order chi connectivity index (χ0) is 29.2. The Hall–Kier alpha value is -3.10. The van der Waals surface area contributed by atoms with Crippen LogP contribution in [0.4, 0.5) is 5.69 Å². The Bertz CT molecular complexity index is 1090. The molecule has 0 bridgehead atoms. The number of rotatable bonds is 7. The summed E-state index contributed by atoms with van der Waals surface area (Å²) in [6, 6.07) is 15.0. The van der Waals surface area contributed by atoms with E-state index in [1.54, 1.807) is 9.80 Å². The van der Waals surface area contributed by atoms with Gasteiger partial charge in [0.25, 0.3) is 5.91 Å². The highest BCUT2D eigenvalue weighted by atomic mass is 16.5. The number of benzene rings is 2. The molecule has 0 saturated heterocycles. The van der Waals surface area contributed by atoms with Gasteiger partial charge in [-0.2, -0.15) is 0 Å². The van der Waals surface area contributed by atoms with Crippen LogP contribution in [0, 0.1) is 5.92 Å². The molecule has 1 N–H and O–H groups in total. The quantitative estimate of drug-likeness (QED) is 0.552. The Labute approximate surface area is 239 Å². The number of carbonyl (C=O) groups excluding carboxylic acids is 2. The van der Waals surface area contributed by atoms with Crippen molar-refractivity contribution >= 4 is 17.5 Å². The van der Waals surface area contributed by atoms with E-state index in [0.717, 1.165) is 30.5 Å². The van der Waals surface area contributed by atoms with Crippen molar-refractivity contribution in [2.24, 2.45) is 5.92 Å². The van der Waals surface area contributed by atoms with Gasteiger partial charge in [-0.15, -0.1) is 0 Å². The van der Waals surface area contributed by atoms with Crippen LogP contribution in [0.2, 0.25) is 0 Å². The molecule has 3 rings (SSSR count). The Morgan fingerprint density at radius 2 is 1.82 bits per heavy atom. The van der Waals surface area contributed by atoms with Crippen LogP contribution < -0.4 is 9.64 Å². The van der Waals surface area contributed by atoms with E-state index in [9.17, 15) is 14.7 Å². The number of hydrogen-bond acceptors (Lipinski definition) is 6. The average molecular weight is 554 g/mol. The summed E-state index contributed by atoms with van der Waals surface area (Å²) in [5, 5.41) is 10.1. The van der Waals surface area contributed by atoms with Crippen molar-refractivity contribution in [3.8, 4) is 5.75 Å². The van der Waals surface area contributed by atoms with Gasteiger partial charge in [0.1, 0.15) is 5.75 Å². The fourth-order valence-corrected chi connectivity index (χ4v) is 4.93. The number of anilines is 1.